The zero-order valence-electron chi connectivity index (χ0n) is 10.7. The second-order valence-electron chi connectivity index (χ2n) is 4.80. The number of phenolic OH excluding ortho intramolecular Hbond substituents is 2. The second kappa shape index (κ2) is 6.28. The minimum atomic E-state index is -0.323. The molecule has 19 heavy (non-hydrogen) atoms. The predicted molar refractivity (Wildman–Crippen MR) is 76.9 cm³/mol. The number of aromatic hydroxyl groups is 2. The van der Waals surface area contributed by atoms with Crippen LogP contribution in [0.1, 0.15) is 36.0 Å². The van der Waals surface area contributed by atoms with Gasteiger partial charge in [-0.2, -0.15) is 0 Å². The van der Waals surface area contributed by atoms with E-state index in [1.807, 2.05) is 4.90 Å². The Bertz CT molecular complexity index is 462. The molecule has 0 spiro atoms. The van der Waals surface area contributed by atoms with Crippen LogP contribution in [0.2, 0.25) is 0 Å². The number of amides is 1. The van der Waals surface area contributed by atoms with E-state index >= 15 is 0 Å². The first-order valence-electron chi connectivity index (χ1n) is 6.53. The Morgan fingerprint density at radius 2 is 2.16 bits per heavy atom. The smallest absolute Gasteiger partial charge is 0.258 e. The average Bonchev–Trinajstić information content (AvgIpc) is 2.42. The van der Waals surface area contributed by atoms with Gasteiger partial charge in [0.05, 0.1) is 5.56 Å². The quantitative estimate of drug-likeness (QED) is 0.662. The normalized spacial score (nSPS) is 19.4. The van der Waals surface area contributed by atoms with Crippen molar-refractivity contribution in [2.24, 2.45) is 0 Å². The third kappa shape index (κ3) is 3.03. The lowest BCUT2D eigenvalue weighted by Crippen LogP contribution is -2.43. The fourth-order valence-corrected chi connectivity index (χ4v) is 3.08. The van der Waals surface area contributed by atoms with Gasteiger partial charge < -0.3 is 15.1 Å². The number of nitrogens with zero attached hydrogens (tertiary/aromatic N) is 1. The van der Waals surface area contributed by atoms with Gasteiger partial charge in [-0.25, -0.2) is 0 Å². The van der Waals surface area contributed by atoms with E-state index in [2.05, 4.69) is 15.9 Å². The van der Waals surface area contributed by atoms with Crippen LogP contribution in [0, 0.1) is 0 Å². The SMILES string of the molecule is O=C(c1cccc(O)c1O)N1CCCCC1CCBr. The summed E-state index contributed by atoms with van der Waals surface area (Å²) in [6.07, 6.45) is 4.03. The van der Waals surface area contributed by atoms with Crippen LogP contribution in [0.5, 0.6) is 11.5 Å². The summed E-state index contributed by atoms with van der Waals surface area (Å²) in [5.41, 5.74) is 0.182. The molecule has 1 aliphatic heterocycles. The highest BCUT2D eigenvalue weighted by molar-refractivity contribution is 9.09. The molecule has 0 aromatic heterocycles. The number of phenols is 2. The van der Waals surface area contributed by atoms with Gasteiger partial charge in [0.25, 0.3) is 5.91 Å². The standard InChI is InChI=1S/C14H18BrNO3/c15-8-7-10-4-1-2-9-16(10)14(19)11-5-3-6-12(17)13(11)18/h3,5-6,10,17-18H,1-2,4,7-9H2. The number of hydrogen-bond acceptors (Lipinski definition) is 3. The van der Waals surface area contributed by atoms with E-state index in [-0.39, 0.29) is 29.0 Å². The largest absolute Gasteiger partial charge is 0.504 e. The number of hydrogen-bond donors (Lipinski definition) is 2. The summed E-state index contributed by atoms with van der Waals surface area (Å²) in [7, 11) is 0. The summed E-state index contributed by atoms with van der Waals surface area (Å²) >= 11 is 3.42. The lowest BCUT2D eigenvalue weighted by molar-refractivity contribution is 0.0606. The Labute approximate surface area is 121 Å². The molecule has 0 radical (unpaired) electrons. The number of likely N-dealkylation sites (tertiary alicyclic amines) is 1. The first-order valence-corrected chi connectivity index (χ1v) is 7.65. The van der Waals surface area contributed by atoms with Crippen molar-refractivity contribution < 1.29 is 15.0 Å². The van der Waals surface area contributed by atoms with Crippen LogP contribution in [0.15, 0.2) is 18.2 Å². The van der Waals surface area contributed by atoms with E-state index in [4.69, 9.17) is 0 Å². The van der Waals surface area contributed by atoms with Gasteiger partial charge in [-0.1, -0.05) is 22.0 Å². The highest BCUT2D eigenvalue weighted by Crippen LogP contribution is 2.31. The van der Waals surface area contributed by atoms with Crippen molar-refractivity contribution in [2.75, 3.05) is 11.9 Å². The van der Waals surface area contributed by atoms with Gasteiger partial charge in [0.2, 0.25) is 0 Å². The molecule has 0 aliphatic carbocycles. The number of piperidine rings is 1. The Kier molecular flexibility index (Phi) is 4.69. The number of halogens is 1. The van der Waals surface area contributed by atoms with Crippen LogP contribution >= 0.6 is 15.9 Å². The monoisotopic (exact) mass is 327 g/mol. The first kappa shape index (κ1) is 14.2. The molecule has 1 saturated heterocycles. The molecule has 1 aliphatic rings. The van der Waals surface area contributed by atoms with Crippen LogP contribution in [0.3, 0.4) is 0 Å². The molecular weight excluding hydrogens is 310 g/mol. The summed E-state index contributed by atoms with van der Waals surface area (Å²) in [5.74, 6) is -0.769. The molecule has 1 amide bonds. The van der Waals surface area contributed by atoms with Crippen LogP contribution in [-0.2, 0) is 0 Å². The van der Waals surface area contributed by atoms with E-state index < -0.39 is 0 Å². The first-order chi connectivity index (χ1) is 9.15. The van der Waals surface area contributed by atoms with Crippen LogP contribution in [0.4, 0.5) is 0 Å². The van der Waals surface area contributed by atoms with Crippen molar-refractivity contribution in [1.82, 2.24) is 4.90 Å². The fraction of sp³-hybridized carbons (Fsp3) is 0.500. The molecule has 1 aromatic rings. The Hall–Kier alpha value is -1.23. The van der Waals surface area contributed by atoms with Crippen LogP contribution in [0.25, 0.3) is 0 Å². The van der Waals surface area contributed by atoms with E-state index in [0.29, 0.717) is 6.54 Å². The molecule has 5 heteroatoms. The van der Waals surface area contributed by atoms with Crippen LogP contribution in [-0.4, -0.2) is 38.9 Å². The minimum absolute atomic E-state index is 0.182. The highest BCUT2D eigenvalue weighted by Gasteiger charge is 2.28. The lowest BCUT2D eigenvalue weighted by Gasteiger charge is -2.35. The van der Waals surface area contributed by atoms with Gasteiger partial charge in [-0.3, -0.25) is 4.79 Å². The zero-order valence-corrected chi connectivity index (χ0v) is 12.3. The van der Waals surface area contributed by atoms with Gasteiger partial charge in [0.1, 0.15) is 0 Å². The Morgan fingerprint density at radius 3 is 2.89 bits per heavy atom. The van der Waals surface area contributed by atoms with Gasteiger partial charge in [0.15, 0.2) is 11.5 Å². The number of rotatable bonds is 3. The predicted octanol–water partition coefficient (Wildman–Crippen LogP) is 2.88. The summed E-state index contributed by atoms with van der Waals surface area (Å²) in [6.45, 7) is 0.714. The van der Waals surface area contributed by atoms with E-state index in [1.54, 1.807) is 12.1 Å². The lowest BCUT2D eigenvalue weighted by atomic mass is 9.98. The maximum atomic E-state index is 12.5. The van der Waals surface area contributed by atoms with Crippen molar-refractivity contribution in [2.45, 2.75) is 31.7 Å². The van der Waals surface area contributed by atoms with Crippen molar-refractivity contribution in [3.05, 3.63) is 23.8 Å². The maximum absolute atomic E-state index is 12.5. The number of benzene rings is 1. The van der Waals surface area contributed by atoms with Crippen LogP contribution < -0.4 is 0 Å². The summed E-state index contributed by atoms with van der Waals surface area (Å²) < 4.78 is 0. The second-order valence-corrected chi connectivity index (χ2v) is 5.59. The molecule has 1 aromatic carbocycles. The summed E-state index contributed by atoms with van der Waals surface area (Å²) in [4.78, 5) is 14.3. The molecule has 0 bridgehead atoms. The zero-order chi connectivity index (χ0) is 13.8. The number of carbonyl (C=O) groups excluding carboxylic acids is 1. The molecule has 1 heterocycles. The summed E-state index contributed by atoms with van der Waals surface area (Å²) in [6, 6.07) is 4.71. The number of carbonyl (C=O) groups is 1. The van der Waals surface area contributed by atoms with E-state index in [9.17, 15) is 15.0 Å². The van der Waals surface area contributed by atoms with Crippen molar-refractivity contribution in [1.29, 1.82) is 0 Å². The molecule has 4 nitrogen and oxygen atoms in total. The van der Waals surface area contributed by atoms with Crippen molar-refractivity contribution in [3.8, 4) is 11.5 Å². The molecule has 1 atom stereocenters. The van der Waals surface area contributed by atoms with Gasteiger partial charge in [0, 0.05) is 17.9 Å². The van der Waals surface area contributed by atoms with E-state index in [0.717, 1.165) is 31.0 Å². The fourth-order valence-electron chi connectivity index (χ4n) is 2.55. The Balaban J connectivity index is 2.23. The van der Waals surface area contributed by atoms with Crippen molar-refractivity contribution in [3.63, 3.8) is 0 Å². The molecule has 0 saturated carbocycles. The molecule has 2 rings (SSSR count). The Morgan fingerprint density at radius 1 is 1.37 bits per heavy atom. The maximum Gasteiger partial charge on any atom is 0.258 e. The summed E-state index contributed by atoms with van der Waals surface area (Å²) in [5, 5.41) is 20.2. The van der Waals surface area contributed by atoms with Gasteiger partial charge in [-0.05, 0) is 37.8 Å². The number of alkyl halides is 1. The third-order valence-corrected chi connectivity index (χ3v) is 4.03. The average molecular weight is 328 g/mol. The van der Waals surface area contributed by atoms with Gasteiger partial charge in [-0.15, -0.1) is 0 Å². The van der Waals surface area contributed by atoms with E-state index in [1.165, 1.54) is 6.07 Å². The molecule has 1 fully saturated rings. The third-order valence-electron chi connectivity index (χ3n) is 3.58. The number of para-hydroxylation sites is 1. The van der Waals surface area contributed by atoms with Gasteiger partial charge >= 0.3 is 0 Å². The molecule has 1 unspecified atom stereocenters. The molecule has 104 valence electrons. The highest BCUT2D eigenvalue weighted by atomic mass is 79.9. The van der Waals surface area contributed by atoms with Crippen molar-refractivity contribution >= 4 is 21.8 Å². The molecule has 2 N–H and O–H groups in total. The minimum Gasteiger partial charge on any atom is -0.504 e. The topological polar surface area (TPSA) is 60.8 Å². The molecular formula is C14H18BrNO3.